The molecule has 10 rings (SSSR count). The topological polar surface area (TPSA) is 41.1 Å². The summed E-state index contributed by atoms with van der Waals surface area (Å²) in [6, 6.07) is 71.4. The SMILES string of the molecule is N=C(N=Cc1cccc(-n2c3ccc(-c4ccccc4)cc3c3ccc4c(c32)C(c2ccccc2)(c2ccccc2)c2ccccc2-4)c1)c1ccccc1. The van der Waals surface area contributed by atoms with Crippen molar-refractivity contribution >= 4 is 33.9 Å². The monoisotopic (exact) mass is 689 g/mol. The number of benzene rings is 8. The Morgan fingerprint density at radius 3 is 1.89 bits per heavy atom. The van der Waals surface area contributed by atoms with Gasteiger partial charge in [-0.3, -0.25) is 5.41 Å². The van der Waals surface area contributed by atoms with Crippen LogP contribution >= 0.6 is 0 Å². The summed E-state index contributed by atoms with van der Waals surface area (Å²) < 4.78 is 2.46. The lowest BCUT2D eigenvalue weighted by atomic mass is 9.67. The first-order valence-corrected chi connectivity index (χ1v) is 18.4. The predicted molar refractivity (Wildman–Crippen MR) is 224 cm³/mol. The highest BCUT2D eigenvalue weighted by molar-refractivity contribution is 6.15. The van der Waals surface area contributed by atoms with Crippen molar-refractivity contribution in [1.82, 2.24) is 4.57 Å². The van der Waals surface area contributed by atoms with Crippen LogP contribution in [-0.2, 0) is 5.41 Å². The van der Waals surface area contributed by atoms with Crippen LogP contribution in [0.1, 0.15) is 33.4 Å². The average Bonchev–Trinajstić information content (AvgIpc) is 3.75. The molecule has 9 aromatic rings. The number of fused-ring (bicyclic) bond motifs is 7. The standard InChI is InChI=1S/C51H35N3/c52-50(37-19-7-2-8-20-37)53-34-35-16-15-25-41(32-35)54-47-31-28-38(36-17-5-1-6-18-36)33-45(47)44-30-29-43-42-26-13-14-27-46(42)51(48(43)49(44)54,39-21-9-3-10-22-39)40-23-11-4-12-24-40/h1-34,52H. The highest BCUT2D eigenvalue weighted by Crippen LogP contribution is 2.59. The minimum atomic E-state index is -0.577. The van der Waals surface area contributed by atoms with Gasteiger partial charge in [0.2, 0.25) is 0 Å². The number of rotatable bonds is 6. The number of amidine groups is 1. The van der Waals surface area contributed by atoms with Gasteiger partial charge in [0, 0.05) is 33.8 Å². The molecule has 0 amide bonds. The summed E-state index contributed by atoms with van der Waals surface area (Å²) in [5.41, 5.74) is 14.4. The Morgan fingerprint density at radius 1 is 0.519 bits per heavy atom. The van der Waals surface area contributed by atoms with Crippen LogP contribution in [-0.4, -0.2) is 16.6 Å². The van der Waals surface area contributed by atoms with Crippen LogP contribution in [0.15, 0.2) is 205 Å². The Balaban J connectivity index is 1.31. The Bertz CT molecular complexity index is 2830. The molecule has 3 heteroatoms. The van der Waals surface area contributed by atoms with Gasteiger partial charge >= 0.3 is 0 Å². The average molecular weight is 690 g/mol. The molecule has 8 aromatic carbocycles. The molecule has 0 saturated heterocycles. The minimum absolute atomic E-state index is 0.234. The van der Waals surface area contributed by atoms with Crippen LogP contribution in [0.3, 0.4) is 0 Å². The van der Waals surface area contributed by atoms with E-state index in [2.05, 4.69) is 179 Å². The second-order valence-corrected chi connectivity index (χ2v) is 13.9. The number of nitrogens with one attached hydrogen (secondary N) is 1. The van der Waals surface area contributed by atoms with Crippen molar-refractivity contribution in [1.29, 1.82) is 5.41 Å². The fourth-order valence-corrected chi connectivity index (χ4v) is 8.67. The van der Waals surface area contributed by atoms with Gasteiger partial charge in [-0.05, 0) is 68.8 Å². The van der Waals surface area contributed by atoms with E-state index >= 15 is 0 Å². The Morgan fingerprint density at radius 2 is 1.17 bits per heavy atom. The molecule has 1 N–H and O–H groups in total. The maximum absolute atomic E-state index is 8.63. The van der Waals surface area contributed by atoms with E-state index in [1.54, 1.807) is 6.21 Å². The first kappa shape index (κ1) is 31.6. The quantitative estimate of drug-likeness (QED) is 0.133. The molecule has 1 heterocycles. The molecule has 0 radical (unpaired) electrons. The van der Waals surface area contributed by atoms with Gasteiger partial charge in [0.1, 0.15) is 0 Å². The van der Waals surface area contributed by atoms with E-state index in [1.807, 2.05) is 30.3 Å². The molecule has 54 heavy (non-hydrogen) atoms. The maximum Gasteiger partial charge on any atom is 0.151 e. The van der Waals surface area contributed by atoms with Gasteiger partial charge in [-0.15, -0.1) is 0 Å². The number of hydrogen-bond donors (Lipinski definition) is 1. The van der Waals surface area contributed by atoms with Crippen LogP contribution in [0, 0.1) is 5.41 Å². The van der Waals surface area contributed by atoms with Gasteiger partial charge in [0.25, 0.3) is 0 Å². The van der Waals surface area contributed by atoms with Crippen molar-refractivity contribution in [3.8, 4) is 27.9 Å². The molecule has 1 aromatic heterocycles. The lowest BCUT2D eigenvalue weighted by molar-refractivity contribution is 0.772. The molecular formula is C51H35N3. The summed E-state index contributed by atoms with van der Waals surface area (Å²) in [6.07, 6.45) is 1.80. The zero-order chi connectivity index (χ0) is 36.1. The van der Waals surface area contributed by atoms with Crippen LogP contribution in [0.25, 0.3) is 49.7 Å². The molecule has 1 aliphatic rings. The largest absolute Gasteiger partial charge is 0.309 e. The van der Waals surface area contributed by atoms with E-state index in [9.17, 15) is 0 Å². The first-order chi connectivity index (χ1) is 26.7. The third-order valence-corrected chi connectivity index (χ3v) is 11.0. The van der Waals surface area contributed by atoms with Crippen LogP contribution in [0.5, 0.6) is 0 Å². The maximum atomic E-state index is 8.63. The van der Waals surface area contributed by atoms with Gasteiger partial charge in [0.05, 0.1) is 16.4 Å². The van der Waals surface area contributed by atoms with E-state index in [1.165, 1.54) is 60.8 Å². The van der Waals surface area contributed by atoms with Gasteiger partial charge in [-0.1, -0.05) is 176 Å². The third kappa shape index (κ3) is 4.90. The van der Waals surface area contributed by atoms with Crippen LogP contribution < -0.4 is 0 Å². The smallest absolute Gasteiger partial charge is 0.151 e. The van der Waals surface area contributed by atoms with E-state index in [-0.39, 0.29) is 5.84 Å². The Kier molecular flexibility index (Phi) is 7.52. The molecular weight excluding hydrogens is 655 g/mol. The molecule has 0 fully saturated rings. The predicted octanol–water partition coefficient (Wildman–Crippen LogP) is 12.3. The molecule has 0 saturated carbocycles. The molecule has 1 aliphatic carbocycles. The van der Waals surface area contributed by atoms with Crippen LogP contribution in [0.2, 0.25) is 0 Å². The summed E-state index contributed by atoms with van der Waals surface area (Å²) >= 11 is 0. The highest BCUT2D eigenvalue weighted by Gasteiger charge is 2.48. The van der Waals surface area contributed by atoms with Crippen molar-refractivity contribution in [2.45, 2.75) is 5.41 Å². The molecule has 254 valence electrons. The van der Waals surface area contributed by atoms with E-state index in [0.29, 0.717) is 0 Å². The van der Waals surface area contributed by atoms with Crippen LogP contribution in [0.4, 0.5) is 0 Å². The second-order valence-electron chi connectivity index (χ2n) is 13.9. The zero-order valence-electron chi connectivity index (χ0n) is 29.5. The lowest BCUT2D eigenvalue weighted by Gasteiger charge is -2.34. The summed E-state index contributed by atoms with van der Waals surface area (Å²) in [5.74, 6) is 0.234. The van der Waals surface area contributed by atoms with E-state index in [0.717, 1.165) is 22.3 Å². The number of aliphatic imine (C=N–C) groups is 1. The fraction of sp³-hybridized carbons (Fsp3) is 0.0196. The molecule has 3 nitrogen and oxygen atoms in total. The molecule has 0 unspecified atom stereocenters. The molecule has 0 bridgehead atoms. The highest BCUT2D eigenvalue weighted by atomic mass is 15.0. The zero-order valence-corrected chi connectivity index (χ0v) is 29.5. The van der Waals surface area contributed by atoms with Gasteiger partial charge in [-0.25, -0.2) is 4.99 Å². The van der Waals surface area contributed by atoms with Crippen molar-refractivity contribution in [2.24, 2.45) is 4.99 Å². The third-order valence-electron chi connectivity index (χ3n) is 11.0. The van der Waals surface area contributed by atoms with Gasteiger partial charge in [-0.2, -0.15) is 0 Å². The van der Waals surface area contributed by atoms with Gasteiger partial charge < -0.3 is 4.57 Å². The van der Waals surface area contributed by atoms with E-state index in [4.69, 9.17) is 5.41 Å². The fourth-order valence-electron chi connectivity index (χ4n) is 8.67. The lowest BCUT2D eigenvalue weighted by Crippen LogP contribution is -2.29. The Hall–Kier alpha value is -7.10. The summed E-state index contributed by atoms with van der Waals surface area (Å²) in [5, 5.41) is 11.0. The normalized spacial score (nSPS) is 13.0. The van der Waals surface area contributed by atoms with Crippen molar-refractivity contribution in [3.63, 3.8) is 0 Å². The van der Waals surface area contributed by atoms with Crippen molar-refractivity contribution < 1.29 is 0 Å². The Labute approximate surface area is 314 Å². The van der Waals surface area contributed by atoms with Crippen molar-refractivity contribution in [2.75, 3.05) is 0 Å². The number of nitrogens with zero attached hydrogens (tertiary/aromatic N) is 2. The second kappa shape index (κ2) is 12.8. The first-order valence-electron chi connectivity index (χ1n) is 18.4. The summed E-state index contributed by atoms with van der Waals surface area (Å²) in [4.78, 5) is 4.59. The summed E-state index contributed by atoms with van der Waals surface area (Å²) in [6.45, 7) is 0. The number of hydrogen-bond acceptors (Lipinski definition) is 1. The van der Waals surface area contributed by atoms with Gasteiger partial charge in [0.15, 0.2) is 5.84 Å². The number of aromatic nitrogens is 1. The minimum Gasteiger partial charge on any atom is -0.309 e. The van der Waals surface area contributed by atoms with E-state index < -0.39 is 5.41 Å². The molecule has 0 aliphatic heterocycles. The summed E-state index contributed by atoms with van der Waals surface area (Å²) in [7, 11) is 0. The molecule has 0 spiro atoms. The van der Waals surface area contributed by atoms with Crippen molar-refractivity contribution in [3.05, 3.63) is 234 Å². The molecule has 0 atom stereocenters.